The van der Waals surface area contributed by atoms with Crippen molar-refractivity contribution < 1.29 is 13.2 Å². The summed E-state index contributed by atoms with van der Waals surface area (Å²) in [5.41, 5.74) is 0.673. The maximum atomic E-state index is 11.6. The minimum absolute atomic E-state index is 0.173. The summed E-state index contributed by atoms with van der Waals surface area (Å²) in [7, 11) is 1.46. The first-order valence-electron chi connectivity index (χ1n) is 6.48. The SMILES string of the molecule is CCOc1ccccc1-c1nnc(S(=O)(=O)Cl)n1C(C)C. The number of hydrogen-bond acceptors (Lipinski definition) is 5. The summed E-state index contributed by atoms with van der Waals surface area (Å²) in [5, 5.41) is 7.45. The molecule has 21 heavy (non-hydrogen) atoms. The second-order valence-corrected chi connectivity index (χ2v) is 7.10. The number of ether oxygens (including phenoxy) is 1. The fourth-order valence-corrected chi connectivity index (χ4v) is 3.01. The minimum Gasteiger partial charge on any atom is -0.493 e. The summed E-state index contributed by atoms with van der Waals surface area (Å²) in [6, 6.07) is 7.09. The van der Waals surface area contributed by atoms with Gasteiger partial charge < -0.3 is 4.74 Å². The Morgan fingerprint density at radius 3 is 2.52 bits per heavy atom. The van der Waals surface area contributed by atoms with E-state index in [1.165, 1.54) is 4.57 Å². The molecule has 0 aliphatic rings. The Morgan fingerprint density at radius 2 is 1.95 bits per heavy atom. The molecule has 0 unspecified atom stereocenters. The highest BCUT2D eigenvalue weighted by molar-refractivity contribution is 8.13. The van der Waals surface area contributed by atoms with Gasteiger partial charge in [0.05, 0.1) is 12.2 Å². The summed E-state index contributed by atoms with van der Waals surface area (Å²) in [6.07, 6.45) is 0. The van der Waals surface area contributed by atoms with E-state index >= 15 is 0 Å². The first-order chi connectivity index (χ1) is 9.86. The van der Waals surface area contributed by atoms with Crippen molar-refractivity contribution in [3.63, 3.8) is 0 Å². The van der Waals surface area contributed by atoms with Crippen molar-refractivity contribution in [3.05, 3.63) is 24.3 Å². The molecule has 8 heteroatoms. The molecule has 114 valence electrons. The van der Waals surface area contributed by atoms with Crippen LogP contribution in [0.1, 0.15) is 26.8 Å². The molecule has 1 heterocycles. The van der Waals surface area contributed by atoms with Crippen LogP contribution in [0.15, 0.2) is 29.4 Å². The van der Waals surface area contributed by atoms with Gasteiger partial charge in [-0.1, -0.05) is 12.1 Å². The summed E-state index contributed by atoms with van der Waals surface area (Å²) in [4.78, 5) is 0. The third-order valence-corrected chi connectivity index (χ3v) is 3.96. The molecule has 0 saturated heterocycles. The Kier molecular flexibility index (Phi) is 4.53. The summed E-state index contributed by atoms with van der Waals surface area (Å²) < 4.78 is 30.3. The Balaban J connectivity index is 2.68. The van der Waals surface area contributed by atoms with E-state index in [1.807, 2.05) is 32.9 Å². The van der Waals surface area contributed by atoms with Crippen molar-refractivity contribution in [3.8, 4) is 17.1 Å². The standard InChI is InChI=1S/C13H16ClN3O3S/c1-4-20-11-8-6-5-7-10(11)12-15-16-13(21(14,18)19)17(12)9(2)3/h5-9H,4H2,1-3H3. The Labute approximate surface area is 128 Å². The van der Waals surface area contributed by atoms with Gasteiger partial charge in [-0.05, 0) is 32.9 Å². The second kappa shape index (κ2) is 6.03. The molecular formula is C13H16ClN3O3S. The van der Waals surface area contributed by atoms with Gasteiger partial charge in [0.15, 0.2) is 5.82 Å². The molecule has 0 fully saturated rings. The fraction of sp³-hybridized carbons (Fsp3) is 0.385. The first kappa shape index (κ1) is 15.8. The molecule has 1 aromatic carbocycles. The highest BCUT2D eigenvalue weighted by Crippen LogP contribution is 2.32. The van der Waals surface area contributed by atoms with Crippen LogP contribution in [0.25, 0.3) is 11.4 Å². The zero-order valence-electron chi connectivity index (χ0n) is 11.9. The lowest BCUT2D eigenvalue weighted by atomic mass is 10.2. The van der Waals surface area contributed by atoms with Crippen LogP contribution in [-0.2, 0) is 9.05 Å². The van der Waals surface area contributed by atoms with Gasteiger partial charge >= 0.3 is 0 Å². The lowest BCUT2D eigenvalue weighted by Crippen LogP contribution is -2.10. The quantitative estimate of drug-likeness (QED) is 0.788. The van der Waals surface area contributed by atoms with E-state index in [9.17, 15) is 8.42 Å². The molecule has 2 aromatic rings. The minimum atomic E-state index is -3.97. The molecule has 1 aromatic heterocycles. The molecule has 0 radical (unpaired) electrons. The van der Waals surface area contributed by atoms with Gasteiger partial charge in [-0.3, -0.25) is 4.57 Å². The lowest BCUT2D eigenvalue weighted by Gasteiger charge is -2.14. The van der Waals surface area contributed by atoms with Gasteiger partial charge in [0.1, 0.15) is 5.75 Å². The van der Waals surface area contributed by atoms with Crippen LogP contribution >= 0.6 is 10.7 Å². The number of halogens is 1. The Bertz CT molecular complexity index is 741. The molecule has 2 rings (SSSR count). The third kappa shape index (κ3) is 3.19. The van der Waals surface area contributed by atoms with Gasteiger partial charge in [0, 0.05) is 16.7 Å². The number of aromatic nitrogens is 3. The van der Waals surface area contributed by atoms with E-state index < -0.39 is 9.05 Å². The van der Waals surface area contributed by atoms with E-state index in [0.29, 0.717) is 23.7 Å². The van der Waals surface area contributed by atoms with Crippen LogP contribution in [-0.4, -0.2) is 29.8 Å². The largest absolute Gasteiger partial charge is 0.493 e. The molecule has 0 aliphatic carbocycles. The van der Waals surface area contributed by atoms with Gasteiger partial charge in [-0.15, -0.1) is 10.2 Å². The van der Waals surface area contributed by atoms with Crippen LogP contribution in [0, 0.1) is 0 Å². The van der Waals surface area contributed by atoms with E-state index in [-0.39, 0.29) is 11.2 Å². The predicted octanol–water partition coefficient (Wildman–Crippen LogP) is 2.85. The number of para-hydroxylation sites is 1. The van der Waals surface area contributed by atoms with Gasteiger partial charge in [0.2, 0.25) is 0 Å². The average Bonchev–Trinajstić information content (AvgIpc) is 2.84. The summed E-state index contributed by atoms with van der Waals surface area (Å²) in [6.45, 7) is 6.04. The highest BCUT2D eigenvalue weighted by atomic mass is 35.7. The van der Waals surface area contributed by atoms with Crippen LogP contribution in [0.5, 0.6) is 5.75 Å². The van der Waals surface area contributed by atoms with E-state index in [1.54, 1.807) is 12.1 Å². The maximum Gasteiger partial charge on any atom is 0.296 e. The van der Waals surface area contributed by atoms with Gasteiger partial charge in [-0.25, -0.2) is 8.42 Å². The first-order valence-corrected chi connectivity index (χ1v) is 8.79. The van der Waals surface area contributed by atoms with Crippen molar-refractivity contribution in [1.82, 2.24) is 14.8 Å². The smallest absolute Gasteiger partial charge is 0.296 e. The fourth-order valence-electron chi connectivity index (χ4n) is 2.03. The Hall–Kier alpha value is -1.60. The monoisotopic (exact) mass is 329 g/mol. The average molecular weight is 330 g/mol. The zero-order chi connectivity index (χ0) is 15.6. The Morgan fingerprint density at radius 1 is 1.29 bits per heavy atom. The number of hydrogen-bond donors (Lipinski definition) is 0. The summed E-state index contributed by atoms with van der Waals surface area (Å²) >= 11 is 0. The number of nitrogens with zero attached hydrogens (tertiary/aromatic N) is 3. The van der Waals surface area contributed by atoms with Crippen molar-refractivity contribution in [1.29, 1.82) is 0 Å². The van der Waals surface area contributed by atoms with Crippen molar-refractivity contribution >= 4 is 19.7 Å². The van der Waals surface area contributed by atoms with E-state index in [0.717, 1.165) is 0 Å². The van der Waals surface area contributed by atoms with Crippen molar-refractivity contribution in [2.45, 2.75) is 32.0 Å². The number of rotatable bonds is 5. The van der Waals surface area contributed by atoms with Gasteiger partial charge in [0.25, 0.3) is 14.2 Å². The van der Waals surface area contributed by atoms with Crippen LogP contribution in [0.3, 0.4) is 0 Å². The molecule has 0 spiro atoms. The molecule has 0 saturated carbocycles. The topological polar surface area (TPSA) is 74.1 Å². The molecule has 0 bridgehead atoms. The van der Waals surface area contributed by atoms with E-state index in [2.05, 4.69) is 10.2 Å². The normalized spacial score (nSPS) is 11.9. The molecule has 0 amide bonds. The summed E-state index contributed by atoms with van der Waals surface area (Å²) in [5.74, 6) is 1.03. The van der Waals surface area contributed by atoms with Crippen LogP contribution in [0.2, 0.25) is 0 Å². The van der Waals surface area contributed by atoms with Crippen LogP contribution < -0.4 is 4.74 Å². The van der Waals surface area contributed by atoms with Crippen molar-refractivity contribution in [2.24, 2.45) is 0 Å². The predicted molar refractivity (Wildman–Crippen MR) is 80.1 cm³/mol. The molecular weight excluding hydrogens is 314 g/mol. The highest BCUT2D eigenvalue weighted by Gasteiger charge is 2.26. The number of benzene rings is 1. The van der Waals surface area contributed by atoms with Crippen molar-refractivity contribution in [2.75, 3.05) is 6.61 Å². The third-order valence-electron chi connectivity index (χ3n) is 2.83. The van der Waals surface area contributed by atoms with Gasteiger partial charge in [-0.2, -0.15) is 0 Å². The molecule has 0 atom stereocenters. The molecule has 6 nitrogen and oxygen atoms in total. The second-order valence-electron chi connectivity index (χ2n) is 4.64. The van der Waals surface area contributed by atoms with Crippen LogP contribution in [0.4, 0.5) is 0 Å². The zero-order valence-corrected chi connectivity index (χ0v) is 13.5. The lowest BCUT2D eigenvalue weighted by molar-refractivity contribution is 0.341. The molecule has 0 aliphatic heterocycles. The maximum absolute atomic E-state index is 11.6. The molecule has 0 N–H and O–H groups in total. The van der Waals surface area contributed by atoms with E-state index in [4.69, 9.17) is 15.4 Å².